The van der Waals surface area contributed by atoms with Gasteiger partial charge in [-0.05, 0) is 30.2 Å². The maximum absolute atomic E-state index is 13.2. The van der Waals surface area contributed by atoms with Crippen molar-refractivity contribution in [1.82, 2.24) is 14.7 Å². The summed E-state index contributed by atoms with van der Waals surface area (Å²) in [5.74, 6) is -0.556. The normalized spacial score (nSPS) is 11.3. The summed E-state index contributed by atoms with van der Waals surface area (Å²) in [6.45, 7) is 0.148. The highest BCUT2D eigenvalue weighted by molar-refractivity contribution is 7.89. The van der Waals surface area contributed by atoms with Gasteiger partial charge in [-0.1, -0.05) is 0 Å². The highest BCUT2D eigenvalue weighted by atomic mass is 32.2. The van der Waals surface area contributed by atoms with Gasteiger partial charge in [-0.3, -0.25) is 0 Å². The fraction of sp³-hybridized carbons (Fsp3) is 0.231. The van der Waals surface area contributed by atoms with E-state index >= 15 is 0 Å². The van der Waals surface area contributed by atoms with Crippen molar-refractivity contribution in [3.8, 4) is 5.75 Å². The van der Waals surface area contributed by atoms with Crippen molar-refractivity contribution < 1.29 is 17.5 Å². The molecule has 2 rings (SSSR count). The van der Waals surface area contributed by atoms with E-state index in [4.69, 9.17) is 4.74 Å². The van der Waals surface area contributed by atoms with E-state index in [9.17, 15) is 12.8 Å². The predicted molar refractivity (Wildman–Crippen MR) is 73.9 cm³/mol. The third-order valence-electron chi connectivity index (χ3n) is 2.73. The first-order chi connectivity index (χ1) is 10.0. The van der Waals surface area contributed by atoms with Gasteiger partial charge < -0.3 is 4.74 Å². The molecule has 6 nitrogen and oxygen atoms in total. The van der Waals surface area contributed by atoms with Gasteiger partial charge in [-0.25, -0.2) is 27.5 Å². The summed E-state index contributed by atoms with van der Waals surface area (Å²) in [6.07, 6.45) is 5.02. The molecular formula is C13H14FN3O3S. The third kappa shape index (κ3) is 3.96. The summed E-state index contributed by atoms with van der Waals surface area (Å²) < 4.78 is 44.9. The van der Waals surface area contributed by atoms with Crippen LogP contribution in [0.25, 0.3) is 0 Å². The molecule has 1 aromatic heterocycles. The number of halogens is 1. The quantitative estimate of drug-likeness (QED) is 0.865. The summed E-state index contributed by atoms with van der Waals surface area (Å²) >= 11 is 0. The van der Waals surface area contributed by atoms with Crippen LogP contribution in [0.2, 0.25) is 0 Å². The van der Waals surface area contributed by atoms with Crippen LogP contribution in [0.4, 0.5) is 4.39 Å². The van der Waals surface area contributed by atoms with Crippen LogP contribution >= 0.6 is 0 Å². The Morgan fingerprint density at radius 2 is 2.00 bits per heavy atom. The number of aromatic nitrogens is 2. The van der Waals surface area contributed by atoms with E-state index in [-0.39, 0.29) is 17.2 Å². The second-order valence-corrected chi connectivity index (χ2v) is 5.93. The van der Waals surface area contributed by atoms with Crippen molar-refractivity contribution in [3.63, 3.8) is 0 Å². The number of benzene rings is 1. The molecular weight excluding hydrogens is 297 g/mol. The van der Waals surface area contributed by atoms with Crippen molar-refractivity contribution >= 4 is 10.0 Å². The number of methoxy groups -OCH3 is 1. The lowest BCUT2D eigenvalue weighted by atomic mass is 10.2. The molecule has 0 saturated heterocycles. The highest BCUT2D eigenvalue weighted by Crippen LogP contribution is 2.24. The van der Waals surface area contributed by atoms with Crippen LogP contribution in [0.1, 0.15) is 5.56 Å². The minimum absolute atomic E-state index is 0.0898. The van der Waals surface area contributed by atoms with Gasteiger partial charge in [0.1, 0.15) is 22.8 Å². The fourth-order valence-electron chi connectivity index (χ4n) is 1.73. The number of hydrogen-bond acceptors (Lipinski definition) is 5. The van der Waals surface area contributed by atoms with Crippen LogP contribution in [0, 0.1) is 5.82 Å². The van der Waals surface area contributed by atoms with Crippen LogP contribution < -0.4 is 9.46 Å². The van der Waals surface area contributed by atoms with Gasteiger partial charge in [0.2, 0.25) is 10.0 Å². The van der Waals surface area contributed by atoms with Gasteiger partial charge in [-0.15, -0.1) is 0 Å². The monoisotopic (exact) mass is 311 g/mol. The number of sulfonamides is 1. The molecule has 0 aliphatic carbocycles. The zero-order valence-corrected chi connectivity index (χ0v) is 12.1. The average Bonchev–Trinajstić information content (AvgIpc) is 2.48. The largest absolute Gasteiger partial charge is 0.495 e. The van der Waals surface area contributed by atoms with Crippen LogP contribution in [0.15, 0.2) is 41.8 Å². The highest BCUT2D eigenvalue weighted by Gasteiger charge is 2.19. The number of ether oxygens (including phenoxy) is 1. The maximum atomic E-state index is 13.2. The minimum Gasteiger partial charge on any atom is -0.495 e. The van der Waals surface area contributed by atoms with Gasteiger partial charge in [0, 0.05) is 18.9 Å². The molecule has 0 saturated carbocycles. The van der Waals surface area contributed by atoms with Crippen LogP contribution in [0.5, 0.6) is 5.75 Å². The molecule has 0 aliphatic heterocycles. The fourth-order valence-corrected chi connectivity index (χ4v) is 2.94. The summed E-state index contributed by atoms with van der Waals surface area (Å²) in [5.41, 5.74) is 0.798. The van der Waals surface area contributed by atoms with Crippen molar-refractivity contribution in [1.29, 1.82) is 0 Å². The molecule has 1 aromatic carbocycles. The number of nitrogens with zero attached hydrogens (tertiary/aromatic N) is 2. The Kier molecular flexibility index (Phi) is 4.81. The van der Waals surface area contributed by atoms with Crippen molar-refractivity contribution in [2.24, 2.45) is 0 Å². The van der Waals surface area contributed by atoms with Crippen molar-refractivity contribution in [3.05, 3.63) is 48.3 Å². The van der Waals surface area contributed by atoms with Crippen molar-refractivity contribution in [2.45, 2.75) is 11.3 Å². The molecule has 8 heteroatoms. The Bertz CT molecular complexity index is 708. The molecule has 2 aromatic rings. The summed E-state index contributed by atoms with van der Waals surface area (Å²) in [5, 5.41) is 0. The molecule has 112 valence electrons. The summed E-state index contributed by atoms with van der Waals surface area (Å²) in [6, 6.07) is 3.33. The van der Waals surface area contributed by atoms with Gasteiger partial charge in [0.05, 0.1) is 7.11 Å². The van der Waals surface area contributed by atoms with Gasteiger partial charge >= 0.3 is 0 Å². The molecule has 0 radical (unpaired) electrons. The van der Waals surface area contributed by atoms with Crippen molar-refractivity contribution in [2.75, 3.05) is 13.7 Å². The van der Waals surface area contributed by atoms with Crippen LogP contribution in [-0.2, 0) is 16.4 Å². The topological polar surface area (TPSA) is 81.2 Å². The molecule has 0 spiro atoms. The average molecular weight is 311 g/mol. The molecule has 0 aliphatic rings. The van der Waals surface area contributed by atoms with E-state index in [1.165, 1.54) is 19.5 Å². The number of nitrogens with one attached hydrogen (secondary N) is 1. The Morgan fingerprint density at radius 3 is 2.67 bits per heavy atom. The van der Waals surface area contributed by atoms with E-state index < -0.39 is 15.8 Å². The zero-order chi connectivity index (χ0) is 15.3. The number of hydrogen-bond donors (Lipinski definition) is 1. The van der Waals surface area contributed by atoms with E-state index in [1.807, 2.05) is 0 Å². The lowest BCUT2D eigenvalue weighted by molar-refractivity contribution is 0.400. The standard InChI is InChI=1S/C13H14FN3O3S/c1-20-12-3-2-11(14)6-13(12)21(18,19)17-5-4-10-7-15-9-16-8-10/h2-3,6-9,17H,4-5H2,1H3. The SMILES string of the molecule is COc1ccc(F)cc1S(=O)(=O)NCCc1cncnc1. The molecule has 1 heterocycles. The predicted octanol–water partition coefficient (Wildman–Crippen LogP) is 1.15. The Balaban J connectivity index is 2.10. The summed E-state index contributed by atoms with van der Waals surface area (Å²) in [7, 11) is -2.52. The maximum Gasteiger partial charge on any atom is 0.244 e. The first-order valence-electron chi connectivity index (χ1n) is 6.10. The lowest BCUT2D eigenvalue weighted by Crippen LogP contribution is -2.26. The Labute approximate surface area is 122 Å². The third-order valence-corrected chi connectivity index (χ3v) is 4.22. The van der Waals surface area contributed by atoms with E-state index in [0.717, 1.165) is 17.7 Å². The molecule has 0 bridgehead atoms. The molecule has 0 amide bonds. The lowest BCUT2D eigenvalue weighted by Gasteiger charge is -2.10. The Morgan fingerprint density at radius 1 is 1.29 bits per heavy atom. The van der Waals surface area contributed by atoms with Gasteiger partial charge in [0.15, 0.2) is 0 Å². The van der Waals surface area contributed by atoms with Gasteiger partial charge in [0.25, 0.3) is 0 Å². The van der Waals surface area contributed by atoms with Gasteiger partial charge in [-0.2, -0.15) is 0 Å². The minimum atomic E-state index is -3.85. The molecule has 21 heavy (non-hydrogen) atoms. The summed E-state index contributed by atoms with van der Waals surface area (Å²) in [4.78, 5) is 7.45. The molecule has 0 fully saturated rings. The van der Waals surface area contributed by atoms with Crippen LogP contribution in [-0.4, -0.2) is 32.0 Å². The second-order valence-electron chi connectivity index (χ2n) is 4.19. The first kappa shape index (κ1) is 15.3. The van der Waals surface area contributed by atoms with E-state index in [2.05, 4.69) is 14.7 Å². The van der Waals surface area contributed by atoms with Crippen LogP contribution in [0.3, 0.4) is 0 Å². The Hall–Kier alpha value is -2.06. The molecule has 1 N–H and O–H groups in total. The second kappa shape index (κ2) is 6.59. The number of rotatable bonds is 6. The molecule has 0 atom stereocenters. The molecule has 0 unspecified atom stereocenters. The first-order valence-corrected chi connectivity index (χ1v) is 7.58. The zero-order valence-electron chi connectivity index (χ0n) is 11.3. The van der Waals surface area contributed by atoms with E-state index in [1.54, 1.807) is 12.4 Å². The smallest absolute Gasteiger partial charge is 0.244 e. The van der Waals surface area contributed by atoms with E-state index in [0.29, 0.717) is 6.42 Å².